The molecule has 0 N–H and O–H groups in total. The molecule has 0 aromatic carbocycles. The van der Waals surface area contributed by atoms with Gasteiger partial charge in [-0.3, -0.25) is 4.98 Å². The molecule has 2 aromatic rings. The van der Waals surface area contributed by atoms with Crippen LogP contribution in [-0.2, 0) is 15.9 Å². The maximum absolute atomic E-state index is 5.83. The molecule has 4 rings (SSSR count). The van der Waals surface area contributed by atoms with E-state index in [4.69, 9.17) is 9.47 Å². The van der Waals surface area contributed by atoms with Gasteiger partial charge in [0.1, 0.15) is 10.7 Å². The van der Waals surface area contributed by atoms with Gasteiger partial charge in [0.15, 0.2) is 6.29 Å². The van der Waals surface area contributed by atoms with Gasteiger partial charge in [-0.2, -0.15) is 0 Å². The lowest BCUT2D eigenvalue weighted by Gasteiger charge is -2.34. The maximum Gasteiger partial charge on any atom is 0.162 e. The summed E-state index contributed by atoms with van der Waals surface area (Å²) in [6.45, 7) is 7.84. The van der Waals surface area contributed by atoms with E-state index in [0.29, 0.717) is 5.92 Å². The number of aromatic nitrogens is 2. The fourth-order valence-electron chi connectivity index (χ4n) is 2.80. The smallest absolute Gasteiger partial charge is 0.162 e. The van der Waals surface area contributed by atoms with E-state index in [1.54, 1.807) is 11.3 Å². The quantitative estimate of drug-likeness (QED) is 0.761. The summed E-state index contributed by atoms with van der Waals surface area (Å²) in [5.41, 5.74) is 3.13. The molecule has 2 fully saturated rings. The minimum atomic E-state index is -0.176. The normalized spacial score (nSPS) is 19.8. The zero-order chi connectivity index (χ0) is 18.1. The van der Waals surface area contributed by atoms with E-state index in [9.17, 15) is 0 Å². The third kappa shape index (κ3) is 4.32. The van der Waals surface area contributed by atoms with E-state index in [1.807, 2.05) is 12.4 Å². The number of pyridine rings is 1. The van der Waals surface area contributed by atoms with Gasteiger partial charge in [0.25, 0.3) is 0 Å². The Bertz CT molecular complexity index is 848. The van der Waals surface area contributed by atoms with Gasteiger partial charge in [-0.15, -0.1) is 11.3 Å². The van der Waals surface area contributed by atoms with Crippen LogP contribution in [0.5, 0.6) is 0 Å². The molecule has 2 aromatic heterocycles. The van der Waals surface area contributed by atoms with Crippen LogP contribution in [0.3, 0.4) is 0 Å². The van der Waals surface area contributed by atoms with Crippen LogP contribution in [0.4, 0.5) is 0 Å². The average molecular weight is 369 g/mol. The van der Waals surface area contributed by atoms with E-state index >= 15 is 0 Å². The van der Waals surface area contributed by atoms with Crippen LogP contribution in [0.2, 0.25) is 0 Å². The summed E-state index contributed by atoms with van der Waals surface area (Å²) in [5, 5.41) is 0.940. The molecule has 0 amide bonds. The second kappa shape index (κ2) is 7.11. The highest BCUT2D eigenvalue weighted by Gasteiger charge is 2.28. The lowest BCUT2D eigenvalue weighted by molar-refractivity contribution is -0.220. The summed E-state index contributed by atoms with van der Waals surface area (Å²) in [6, 6.07) is 2.11. The van der Waals surface area contributed by atoms with Crippen LogP contribution < -0.4 is 0 Å². The van der Waals surface area contributed by atoms with Crippen LogP contribution in [0, 0.1) is 30.1 Å². The predicted molar refractivity (Wildman–Crippen MR) is 103 cm³/mol. The predicted octanol–water partition coefficient (Wildman–Crippen LogP) is 4.22. The molecular formula is C21H24N2O2S. The fourth-order valence-corrected chi connectivity index (χ4v) is 3.79. The van der Waals surface area contributed by atoms with Crippen molar-refractivity contribution in [2.24, 2.45) is 11.3 Å². The Morgan fingerprint density at radius 2 is 1.96 bits per heavy atom. The molecule has 0 unspecified atom stereocenters. The number of hydrogen-bond acceptors (Lipinski definition) is 5. The molecule has 0 spiro atoms. The molecule has 26 heavy (non-hydrogen) atoms. The van der Waals surface area contributed by atoms with Gasteiger partial charge < -0.3 is 9.47 Å². The largest absolute Gasteiger partial charge is 0.352 e. The van der Waals surface area contributed by atoms with Crippen LogP contribution in [0.25, 0.3) is 10.7 Å². The molecule has 0 bridgehead atoms. The number of ether oxygens (including phenoxy) is 2. The van der Waals surface area contributed by atoms with Crippen molar-refractivity contribution in [2.45, 2.75) is 46.3 Å². The first-order valence-electron chi connectivity index (χ1n) is 9.15. The third-order valence-corrected chi connectivity index (χ3v) is 5.55. The van der Waals surface area contributed by atoms with E-state index in [2.05, 4.69) is 48.6 Å². The highest BCUT2D eigenvalue weighted by atomic mass is 32.1. The number of hydrogen-bond donors (Lipinski definition) is 0. The van der Waals surface area contributed by atoms with Crippen LogP contribution in [-0.4, -0.2) is 29.5 Å². The lowest BCUT2D eigenvalue weighted by Crippen LogP contribution is -2.38. The van der Waals surface area contributed by atoms with Crippen LogP contribution in [0.1, 0.15) is 42.7 Å². The first kappa shape index (κ1) is 17.7. The summed E-state index contributed by atoms with van der Waals surface area (Å²) in [5.74, 6) is 7.12. The van der Waals surface area contributed by atoms with Crippen molar-refractivity contribution >= 4 is 11.3 Å². The van der Waals surface area contributed by atoms with Crippen LogP contribution >= 0.6 is 11.3 Å². The molecule has 3 heterocycles. The minimum absolute atomic E-state index is 0.0978. The summed E-state index contributed by atoms with van der Waals surface area (Å²) in [4.78, 5) is 10.3. The third-order valence-electron chi connectivity index (χ3n) is 4.52. The molecule has 5 heteroatoms. The van der Waals surface area contributed by atoms with Crippen molar-refractivity contribution in [3.8, 4) is 22.5 Å². The van der Waals surface area contributed by atoms with Gasteiger partial charge >= 0.3 is 0 Å². The Morgan fingerprint density at radius 3 is 2.65 bits per heavy atom. The number of thiazole rings is 1. The van der Waals surface area contributed by atoms with Gasteiger partial charge in [0, 0.05) is 40.6 Å². The van der Waals surface area contributed by atoms with Crippen molar-refractivity contribution in [1.29, 1.82) is 0 Å². The van der Waals surface area contributed by atoms with E-state index in [1.165, 1.54) is 12.8 Å². The Labute approximate surface area is 159 Å². The van der Waals surface area contributed by atoms with Gasteiger partial charge in [-0.25, -0.2) is 4.98 Å². The van der Waals surface area contributed by atoms with Gasteiger partial charge in [-0.05, 0) is 31.4 Å². The highest BCUT2D eigenvalue weighted by molar-refractivity contribution is 7.15. The molecule has 2 aliphatic rings. The fraction of sp³-hybridized carbons (Fsp3) is 0.524. The molecule has 1 saturated carbocycles. The lowest BCUT2D eigenvalue weighted by atomic mass is 9.95. The molecule has 1 aliphatic heterocycles. The zero-order valence-corrected chi connectivity index (χ0v) is 16.4. The van der Waals surface area contributed by atoms with E-state index in [0.717, 1.165) is 46.3 Å². The topological polar surface area (TPSA) is 44.2 Å². The van der Waals surface area contributed by atoms with Crippen LogP contribution in [0.15, 0.2) is 18.5 Å². The van der Waals surface area contributed by atoms with E-state index < -0.39 is 0 Å². The SMILES string of the molecule is Cc1cc(C#CC2CC2)cnc1-c1ncc(CC2OCC(C)(C)CO2)s1. The van der Waals surface area contributed by atoms with Crippen molar-refractivity contribution in [1.82, 2.24) is 9.97 Å². The second-order valence-corrected chi connectivity index (χ2v) is 9.10. The minimum Gasteiger partial charge on any atom is -0.352 e. The van der Waals surface area contributed by atoms with Gasteiger partial charge in [0.05, 0.1) is 13.2 Å². The van der Waals surface area contributed by atoms with Gasteiger partial charge in [-0.1, -0.05) is 25.7 Å². The second-order valence-electron chi connectivity index (χ2n) is 7.98. The first-order valence-corrected chi connectivity index (χ1v) is 9.97. The first-order chi connectivity index (χ1) is 12.5. The van der Waals surface area contributed by atoms with Crippen molar-refractivity contribution in [3.05, 3.63) is 34.5 Å². The molecule has 0 atom stereocenters. The Morgan fingerprint density at radius 1 is 1.19 bits per heavy atom. The van der Waals surface area contributed by atoms with Crippen molar-refractivity contribution in [3.63, 3.8) is 0 Å². The zero-order valence-electron chi connectivity index (χ0n) is 15.5. The van der Waals surface area contributed by atoms with E-state index in [-0.39, 0.29) is 11.7 Å². The Hall–Kier alpha value is -1.74. The summed E-state index contributed by atoms with van der Waals surface area (Å²) in [6.07, 6.45) is 6.81. The maximum atomic E-state index is 5.83. The molecular weight excluding hydrogens is 344 g/mol. The average Bonchev–Trinajstić information content (AvgIpc) is 3.33. The molecule has 1 aliphatic carbocycles. The number of nitrogens with zero attached hydrogens (tertiary/aromatic N) is 2. The van der Waals surface area contributed by atoms with Gasteiger partial charge in [0.2, 0.25) is 0 Å². The standard InChI is InChI=1S/C21H24N2O2S/c1-14-8-16(7-6-15-4-5-15)10-22-19(14)20-23-11-17(26-20)9-18-24-12-21(2,3)13-25-18/h8,10-11,15,18H,4-5,9,12-13H2,1-3H3. The molecule has 0 radical (unpaired) electrons. The summed E-state index contributed by atoms with van der Waals surface area (Å²) >= 11 is 1.66. The Kier molecular flexibility index (Phi) is 4.83. The molecule has 1 saturated heterocycles. The summed E-state index contributed by atoms with van der Waals surface area (Å²) in [7, 11) is 0. The molecule has 136 valence electrons. The monoisotopic (exact) mass is 368 g/mol. The number of rotatable bonds is 3. The summed E-state index contributed by atoms with van der Waals surface area (Å²) < 4.78 is 11.7. The number of aryl methyl sites for hydroxylation is 1. The Balaban J connectivity index is 1.43. The van der Waals surface area contributed by atoms with Crippen molar-refractivity contribution < 1.29 is 9.47 Å². The highest BCUT2D eigenvalue weighted by Crippen LogP contribution is 2.30. The molecule has 4 nitrogen and oxygen atoms in total. The van der Waals surface area contributed by atoms with Crippen molar-refractivity contribution in [2.75, 3.05) is 13.2 Å².